The smallest absolute Gasteiger partial charge is 0.154 e. The predicted molar refractivity (Wildman–Crippen MR) is 72.8 cm³/mol. The molecule has 5 heteroatoms. The van der Waals surface area contributed by atoms with E-state index in [4.69, 9.17) is 22.1 Å². The summed E-state index contributed by atoms with van der Waals surface area (Å²) in [5.41, 5.74) is 8.68. The van der Waals surface area contributed by atoms with Crippen LogP contribution < -0.4 is 10.5 Å². The molecule has 0 aliphatic rings. The maximum absolute atomic E-state index is 5.85. The fraction of sp³-hybridized carbons (Fsp3) is 0.231. The minimum Gasteiger partial charge on any atom is -0.496 e. The number of halogens is 1. The summed E-state index contributed by atoms with van der Waals surface area (Å²) in [5, 5.41) is 7.85. The zero-order valence-electron chi connectivity index (χ0n) is 10.3. The standard InChI is InChI=1S/C13H14ClN3O/c1-3-8-6-9(4-5-11(8)18-2)10-7-12(14)16-17-13(10)15/h4-7H,3H2,1-2H3,(H2,15,17). The average Bonchev–Trinajstić information content (AvgIpc) is 2.40. The van der Waals surface area contributed by atoms with E-state index < -0.39 is 0 Å². The zero-order chi connectivity index (χ0) is 13.1. The molecular formula is C13H14ClN3O. The third kappa shape index (κ3) is 2.38. The number of ether oxygens (including phenoxy) is 1. The highest BCUT2D eigenvalue weighted by atomic mass is 35.5. The first-order chi connectivity index (χ1) is 8.65. The van der Waals surface area contributed by atoms with Gasteiger partial charge in [-0.3, -0.25) is 0 Å². The molecule has 0 atom stereocenters. The summed E-state index contributed by atoms with van der Waals surface area (Å²) >= 11 is 5.85. The van der Waals surface area contributed by atoms with Crippen molar-refractivity contribution in [2.24, 2.45) is 0 Å². The molecule has 0 saturated heterocycles. The van der Waals surface area contributed by atoms with Gasteiger partial charge in [-0.1, -0.05) is 24.6 Å². The van der Waals surface area contributed by atoms with E-state index in [1.807, 2.05) is 18.2 Å². The van der Waals surface area contributed by atoms with Gasteiger partial charge in [-0.2, -0.15) is 0 Å². The minimum atomic E-state index is 0.327. The van der Waals surface area contributed by atoms with Gasteiger partial charge in [0.05, 0.1) is 7.11 Å². The molecule has 2 rings (SSSR count). The van der Waals surface area contributed by atoms with E-state index in [1.54, 1.807) is 13.2 Å². The first-order valence-electron chi connectivity index (χ1n) is 5.61. The third-order valence-electron chi connectivity index (χ3n) is 2.76. The van der Waals surface area contributed by atoms with Crippen molar-refractivity contribution in [3.8, 4) is 16.9 Å². The first-order valence-corrected chi connectivity index (χ1v) is 5.99. The van der Waals surface area contributed by atoms with Crippen LogP contribution in [0.15, 0.2) is 24.3 Å². The topological polar surface area (TPSA) is 61.0 Å². The number of aryl methyl sites for hydroxylation is 1. The maximum atomic E-state index is 5.85. The van der Waals surface area contributed by atoms with Gasteiger partial charge >= 0.3 is 0 Å². The molecule has 0 aliphatic heterocycles. The Morgan fingerprint density at radius 3 is 2.72 bits per heavy atom. The molecule has 94 valence electrons. The number of aromatic nitrogens is 2. The fourth-order valence-corrected chi connectivity index (χ4v) is 1.98. The summed E-state index contributed by atoms with van der Waals surface area (Å²) in [7, 11) is 1.66. The van der Waals surface area contributed by atoms with Crippen LogP contribution in [0.1, 0.15) is 12.5 Å². The monoisotopic (exact) mass is 263 g/mol. The number of nitrogens with two attached hydrogens (primary N) is 1. The molecule has 1 aromatic carbocycles. The minimum absolute atomic E-state index is 0.327. The summed E-state index contributed by atoms with van der Waals surface area (Å²) in [6, 6.07) is 7.59. The van der Waals surface area contributed by atoms with E-state index >= 15 is 0 Å². The Hall–Kier alpha value is -1.81. The van der Waals surface area contributed by atoms with Crippen LogP contribution in [-0.4, -0.2) is 17.3 Å². The third-order valence-corrected chi connectivity index (χ3v) is 2.95. The molecular weight excluding hydrogens is 250 g/mol. The van der Waals surface area contributed by atoms with Crippen LogP contribution in [0, 0.1) is 0 Å². The number of hydrogen-bond acceptors (Lipinski definition) is 4. The lowest BCUT2D eigenvalue weighted by atomic mass is 10.0. The van der Waals surface area contributed by atoms with Gasteiger partial charge in [0.2, 0.25) is 0 Å². The van der Waals surface area contributed by atoms with Crippen molar-refractivity contribution in [1.82, 2.24) is 10.2 Å². The van der Waals surface area contributed by atoms with Crippen LogP contribution in [0.4, 0.5) is 5.82 Å². The van der Waals surface area contributed by atoms with Gasteiger partial charge in [0.1, 0.15) is 5.75 Å². The van der Waals surface area contributed by atoms with E-state index in [0.717, 1.165) is 28.9 Å². The molecule has 2 N–H and O–H groups in total. The molecule has 0 unspecified atom stereocenters. The molecule has 0 spiro atoms. The van der Waals surface area contributed by atoms with Crippen LogP contribution in [0.5, 0.6) is 5.75 Å². The number of anilines is 1. The molecule has 0 aliphatic carbocycles. The van der Waals surface area contributed by atoms with Crippen LogP contribution >= 0.6 is 11.6 Å². The highest BCUT2D eigenvalue weighted by molar-refractivity contribution is 6.29. The second kappa shape index (κ2) is 5.23. The molecule has 0 radical (unpaired) electrons. The Bertz CT molecular complexity index is 572. The van der Waals surface area contributed by atoms with Crippen LogP contribution in [0.2, 0.25) is 5.15 Å². The highest BCUT2D eigenvalue weighted by Crippen LogP contribution is 2.30. The van der Waals surface area contributed by atoms with Crippen LogP contribution in [0.25, 0.3) is 11.1 Å². The number of benzene rings is 1. The summed E-state index contributed by atoms with van der Waals surface area (Å²) < 4.78 is 5.30. The molecule has 18 heavy (non-hydrogen) atoms. The van der Waals surface area contributed by atoms with Gasteiger partial charge in [-0.15, -0.1) is 10.2 Å². The number of hydrogen-bond donors (Lipinski definition) is 1. The van der Waals surface area contributed by atoms with E-state index in [2.05, 4.69) is 17.1 Å². The summed E-state index contributed by atoms with van der Waals surface area (Å²) in [6.07, 6.45) is 0.878. The lowest BCUT2D eigenvalue weighted by Crippen LogP contribution is -1.98. The second-order valence-electron chi connectivity index (χ2n) is 3.85. The Labute approximate surface area is 111 Å². The molecule has 1 heterocycles. The van der Waals surface area contributed by atoms with Gasteiger partial charge in [0.25, 0.3) is 0 Å². The van der Waals surface area contributed by atoms with Gasteiger partial charge in [-0.05, 0) is 35.7 Å². The number of methoxy groups -OCH3 is 1. The fourth-order valence-electron chi connectivity index (χ4n) is 1.83. The lowest BCUT2D eigenvalue weighted by molar-refractivity contribution is 0.410. The molecule has 0 fully saturated rings. The Balaban J connectivity index is 2.54. The van der Waals surface area contributed by atoms with E-state index in [0.29, 0.717) is 11.0 Å². The van der Waals surface area contributed by atoms with E-state index in [-0.39, 0.29) is 0 Å². The number of nitrogen functional groups attached to an aromatic ring is 1. The largest absolute Gasteiger partial charge is 0.496 e. The van der Waals surface area contributed by atoms with E-state index in [9.17, 15) is 0 Å². The van der Waals surface area contributed by atoms with Gasteiger partial charge in [0, 0.05) is 5.56 Å². The molecule has 1 aromatic heterocycles. The second-order valence-corrected chi connectivity index (χ2v) is 4.23. The normalized spacial score (nSPS) is 10.4. The van der Waals surface area contributed by atoms with Crippen molar-refractivity contribution in [2.75, 3.05) is 12.8 Å². The predicted octanol–water partition coefficient (Wildman–Crippen LogP) is 2.95. The first kappa shape index (κ1) is 12.6. The molecule has 0 amide bonds. The van der Waals surface area contributed by atoms with Crippen LogP contribution in [-0.2, 0) is 6.42 Å². The Kier molecular flexibility index (Phi) is 3.67. The summed E-state index contributed by atoms with van der Waals surface area (Å²) in [5.74, 6) is 1.24. The van der Waals surface area contributed by atoms with Crippen molar-refractivity contribution >= 4 is 17.4 Å². The zero-order valence-corrected chi connectivity index (χ0v) is 11.0. The Morgan fingerprint density at radius 2 is 2.06 bits per heavy atom. The number of nitrogens with zero attached hydrogens (tertiary/aromatic N) is 2. The SMILES string of the molecule is CCc1cc(-c2cc(Cl)nnc2N)ccc1OC. The van der Waals surface area contributed by atoms with Gasteiger partial charge < -0.3 is 10.5 Å². The van der Waals surface area contributed by atoms with Crippen molar-refractivity contribution < 1.29 is 4.74 Å². The molecule has 0 saturated carbocycles. The Morgan fingerprint density at radius 1 is 1.28 bits per heavy atom. The quantitative estimate of drug-likeness (QED) is 0.925. The summed E-state index contributed by atoms with van der Waals surface area (Å²) in [4.78, 5) is 0. The van der Waals surface area contributed by atoms with E-state index in [1.165, 1.54) is 0 Å². The molecule has 0 bridgehead atoms. The van der Waals surface area contributed by atoms with Crippen molar-refractivity contribution in [3.05, 3.63) is 35.0 Å². The summed E-state index contributed by atoms with van der Waals surface area (Å²) in [6.45, 7) is 2.07. The molecule has 4 nitrogen and oxygen atoms in total. The maximum Gasteiger partial charge on any atom is 0.154 e. The number of rotatable bonds is 3. The van der Waals surface area contributed by atoms with Gasteiger partial charge in [0.15, 0.2) is 11.0 Å². The van der Waals surface area contributed by atoms with Crippen molar-refractivity contribution in [2.45, 2.75) is 13.3 Å². The van der Waals surface area contributed by atoms with Gasteiger partial charge in [-0.25, -0.2) is 0 Å². The van der Waals surface area contributed by atoms with Crippen LogP contribution in [0.3, 0.4) is 0 Å². The van der Waals surface area contributed by atoms with Crippen molar-refractivity contribution in [3.63, 3.8) is 0 Å². The highest BCUT2D eigenvalue weighted by Gasteiger charge is 2.09. The van der Waals surface area contributed by atoms with Crippen molar-refractivity contribution in [1.29, 1.82) is 0 Å². The molecule has 2 aromatic rings. The lowest BCUT2D eigenvalue weighted by Gasteiger charge is -2.10. The average molecular weight is 264 g/mol.